The minimum Gasteiger partial charge on any atom is -0.397 e. The third-order valence-electron chi connectivity index (χ3n) is 3.64. The van der Waals surface area contributed by atoms with Gasteiger partial charge in [0, 0.05) is 6.42 Å². The zero-order valence-corrected chi connectivity index (χ0v) is 10.5. The van der Waals surface area contributed by atoms with E-state index in [4.69, 9.17) is 5.73 Å². The summed E-state index contributed by atoms with van der Waals surface area (Å²) in [5.41, 5.74) is 9.60. The second-order valence-corrected chi connectivity index (χ2v) is 5.07. The van der Waals surface area contributed by atoms with Gasteiger partial charge < -0.3 is 11.1 Å². The molecule has 1 fully saturated rings. The summed E-state index contributed by atoms with van der Waals surface area (Å²) in [5.74, 6) is 0.674. The standard InChI is InChI=1S/C14H20N2O/c1-9-6-12(15)13(7-10(9)2)16-14(17)8-11-4-3-5-11/h6-7,11H,3-5,8,15H2,1-2H3,(H,16,17). The fourth-order valence-corrected chi connectivity index (χ4v) is 2.11. The molecule has 0 aromatic heterocycles. The third kappa shape index (κ3) is 2.78. The van der Waals surface area contributed by atoms with Gasteiger partial charge in [-0.05, 0) is 55.9 Å². The van der Waals surface area contributed by atoms with Crippen molar-refractivity contribution in [3.05, 3.63) is 23.3 Å². The average Bonchev–Trinajstić information content (AvgIpc) is 2.20. The molecular weight excluding hydrogens is 212 g/mol. The molecule has 17 heavy (non-hydrogen) atoms. The Morgan fingerprint density at radius 2 is 2.00 bits per heavy atom. The fraction of sp³-hybridized carbons (Fsp3) is 0.500. The number of hydrogen-bond donors (Lipinski definition) is 2. The molecule has 1 aliphatic carbocycles. The Balaban J connectivity index is 2.02. The van der Waals surface area contributed by atoms with Gasteiger partial charge in [-0.2, -0.15) is 0 Å². The number of nitrogens with two attached hydrogens (primary N) is 1. The van der Waals surface area contributed by atoms with Gasteiger partial charge in [0.1, 0.15) is 0 Å². The summed E-state index contributed by atoms with van der Waals surface area (Å²) in [4.78, 5) is 11.8. The molecule has 1 saturated carbocycles. The second kappa shape index (κ2) is 4.78. The quantitative estimate of drug-likeness (QED) is 0.787. The molecule has 0 radical (unpaired) electrons. The molecular formula is C14H20N2O. The van der Waals surface area contributed by atoms with Gasteiger partial charge >= 0.3 is 0 Å². The van der Waals surface area contributed by atoms with Crippen molar-refractivity contribution in [2.75, 3.05) is 11.1 Å². The van der Waals surface area contributed by atoms with Crippen LogP contribution in [0.3, 0.4) is 0 Å². The first-order valence-electron chi connectivity index (χ1n) is 6.23. The lowest BCUT2D eigenvalue weighted by molar-refractivity contribution is -0.117. The molecule has 3 nitrogen and oxygen atoms in total. The van der Waals surface area contributed by atoms with E-state index in [0.717, 1.165) is 16.8 Å². The van der Waals surface area contributed by atoms with Crippen LogP contribution in [0.4, 0.5) is 11.4 Å². The van der Waals surface area contributed by atoms with Crippen molar-refractivity contribution in [3.63, 3.8) is 0 Å². The number of amides is 1. The van der Waals surface area contributed by atoms with Crippen molar-refractivity contribution in [1.82, 2.24) is 0 Å². The van der Waals surface area contributed by atoms with Crippen molar-refractivity contribution in [2.45, 2.75) is 39.5 Å². The Kier molecular flexibility index (Phi) is 3.36. The van der Waals surface area contributed by atoms with E-state index in [2.05, 4.69) is 5.32 Å². The molecule has 0 spiro atoms. The Morgan fingerprint density at radius 3 is 2.59 bits per heavy atom. The predicted octanol–water partition coefficient (Wildman–Crippen LogP) is 3.01. The summed E-state index contributed by atoms with van der Waals surface area (Å²) in [7, 11) is 0. The van der Waals surface area contributed by atoms with Crippen LogP contribution in [0.15, 0.2) is 12.1 Å². The lowest BCUT2D eigenvalue weighted by atomic mass is 9.83. The highest BCUT2D eigenvalue weighted by Crippen LogP contribution is 2.30. The van der Waals surface area contributed by atoms with E-state index < -0.39 is 0 Å². The summed E-state index contributed by atoms with van der Waals surface area (Å²) < 4.78 is 0. The first-order chi connectivity index (χ1) is 8.06. The van der Waals surface area contributed by atoms with E-state index in [1.165, 1.54) is 19.3 Å². The Morgan fingerprint density at radius 1 is 1.35 bits per heavy atom. The van der Waals surface area contributed by atoms with Crippen LogP contribution in [0, 0.1) is 19.8 Å². The monoisotopic (exact) mass is 232 g/mol. The highest BCUT2D eigenvalue weighted by atomic mass is 16.1. The Bertz CT molecular complexity index is 436. The molecule has 0 heterocycles. The molecule has 1 amide bonds. The Hall–Kier alpha value is -1.51. The van der Waals surface area contributed by atoms with Crippen molar-refractivity contribution < 1.29 is 4.79 Å². The number of aryl methyl sites for hydroxylation is 2. The average molecular weight is 232 g/mol. The molecule has 0 saturated heterocycles. The summed E-state index contributed by atoms with van der Waals surface area (Å²) in [5, 5.41) is 2.91. The first-order valence-corrected chi connectivity index (χ1v) is 6.23. The summed E-state index contributed by atoms with van der Waals surface area (Å²) in [6.07, 6.45) is 4.28. The Labute approximate surface area is 102 Å². The highest BCUT2D eigenvalue weighted by Gasteiger charge is 2.20. The van der Waals surface area contributed by atoms with E-state index in [-0.39, 0.29) is 5.91 Å². The van der Waals surface area contributed by atoms with Gasteiger partial charge in [-0.15, -0.1) is 0 Å². The SMILES string of the molecule is Cc1cc(N)c(NC(=O)CC2CCC2)cc1C. The van der Waals surface area contributed by atoms with Crippen LogP contribution < -0.4 is 11.1 Å². The van der Waals surface area contributed by atoms with Crippen LogP contribution in [0.25, 0.3) is 0 Å². The lowest BCUT2D eigenvalue weighted by Crippen LogP contribution is -2.21. The minimum atomic E-state index is 0.0876. The normalized spacial score (nSPS) is 15.4. The van der Waals surface area contributed by atoms with Gasteiger partial charge in [0.2, 0.25) is 5.91 Å². The molecule has 0 bridgehead atoms. The topological polar surface area (TPSA) is 55.1 Å². The van der Waals surface area contributed by atoms with E-state index in [1.807, 2.05) is 26.0 Å². The van der Waals surface area contributed by atoms with Crippen LogP contribution in [-0.4, -0.2) is 5.91 Å². The van der Waals surface area contributed by atoms with Crippen molar-refractivity contribution in [1.29, 1.82) is 0 Å². The molecule has 2 rings (SSSR count). The number of carbonyl (C=O) groups excluding carboxylic acids is 1. The molecule has 0 aliphatic heterocycles. The molecule has 0 atom stereocenters. The number of benzene rings is 1. The van der Waals surface area contributed by atoms with Gasteiger partial charge in [0.15, 0.2) is 0 Å². The molecule has 3 N–H and O–H groups in total. The van der Waals surface area contributed by atoms with E-state index in [9.17, 15) is 4.79 Å². The van der Waals surface area contributed by atoms with Gasteiger partial charge in [-0.3, -0.25) is 4.79 Å². The van der Waals surface area contributed by atoms with Gasteiger partial charge in [0.25, 0.3) is 0 Å². The van der Waals surface area contributed by atoms with Gasteiger partial charge in [-0.1, -0.05) is 6.42 Å². The number of rotatable bonds is 3. The second-order valence-electron chi connectivity index (χ2n) is 5.07. The molecule has 1 aromatic carbocycles. The van der Waals surface area contributed by atoms with Crippen LogP contribution in [-0.2, 0) is 4.79 Å². The molecule has 3 heteroatoms. The predicted molar refractivity (Wildman–Crippen MR) is 70.9 cm³/mol. The maximum absolute atomic E-state index is 11.8. The van der Waals surface area contributed by atoms with Gasteiger partial charge in [0.05, 0.1) is 11.4 Å². The number of nitrogens with one attached hydrogen (secondary N) is 1. The molecule has 1 aliphatic rings. The van der Waals surface area contributed by atoms with Crippen LogP contribution in [0.1, 0.15) is 36.8 Å². The van der Waals surface area contributed by atoms with E-state index in [1.54, 1.807) is 0 Å². The minimum absolute atomic E-state index is 0.0876. The summed E-state index contributed by atoms with van der Waals surface area (Å²) >= 11 is 0. The lowest BCUT2D eigenvalue weighted by Gasteiger charge is -2.24. The van der Waals surface area contributed by atoms with Crippen molar-refractivity contribution in [3.8, 4) is 0 Å². The summed E-state index contributed by atoms with van der Waals surface area (Å²) in [6.45, 7) is 4.04. The number of anilines is 2. The van der Waals surface area contributed by atoms with Crippen LogP contribution in [0.2, 0.25) is 0 Å². The van der Waals surface area contributed by atoms with Crippen LogP contribution in [0.5, 0.6) is 0 Å². The maximum Gasteiger partial charge on any atom is 0.224 e. The van der Waals surface area contributed by atoms with Gasteiger partial charge in [-0.25, -0.2) is 0 Å². The zero-order valence-electron chi connectivity index (χ0n) is 10.5. The van der Waals surface area contributed by atoms with E-state index in [0.29, 0.717) is 18.0 Å². The van der Waals surface area contributed by atoms with Crippen molar-refractivity contribution in [2.24, 2.45) is 5.92 Å². The number of nitrogen functional groups attached to an aromatic ring is 1. The largest absolute Gasteiger partial charge is 0.397 e. The summed E-state index contributed by atoms with van der Waals surface area (Å²) in [6, 6.07) is 3.86. The number of hydrogen-bond acceptors (Lipinski definition) is 2. The fourth-order valence-electron chi connectivity index (χ4n) is 2.11. The smallest absolute Gasteiger partial charge is 0.224 e. The number of carbonyl (C=O) groups is 1. The molecule has 92 valence electrons. The highest BCUT2D eigenvalue weighted by molar-refractivity contribution is 5.94. The zero-order chi connectivity index (χ0) is 12.4. The third-order valence-corrected chi connectivity index (χ3v) is 3.64. The molecule has 0 unspecified atom stereocenters. The van der Waals surface area contributed by atoms with Crippen molar-refractivity contribution >= 4 is 17.3 Å². The first kappa shape index (κ1) is 12.0. The maximum atomic E-state index is 11.8. The van der Waals surface area contributed by atoms with E-state index >= 15 is 0 Å². The van der Waals surface area contributed by atoms with Crippen LogP contribution >= 0.6 is 0 Å². The molecule has 1 aromatic rings.